The van der Waals surface area contributed by atoms with E-state index in [0.29, 0.717) is 0 Å². The molecule has 1 atom stereocenters. The predicted octanol–water partition coefficient (Wildman–Crippen LogP) is 2.94. The Labute approximate surface area is 79.4 Å². The third kappa shape index (κ3) is 2.46. The van der Waals surface area contributed by atoms with Crippen LogP contribution in [0.25, 0.3) is 0 Å². The molecule has 0 aliphatic rings. The minimum atomic E-state index is 0.0335. The van der Waals surface area contributed by atoms with Gasteiger partial charge in [0.25, 0.3) is 0 Å². The molecule has 1 unspecified atom stereocenters. The Balaban J connectivity index is 2.63. The highest BCUT2D eigenvalue weighted by atomic mass is 16.3. The predicted molar refractivity (Wildman–Crippen MR) is 54.4 cm³/mol. The van der Waals surface area contributed by atoms with Gasteiger partial charge in [0, 0.05) is 11.6 Å². The fraction of sp³-hybridized carbons (Fsp3) is 0.455. The molecular formula is C11H17NO. The lowest BCUT2D eigenvalue weighted by Gasteiger charge is -2.11. The van der Waals surface area contributed by atoms with E-state index < -0.39 is 0 Å². The molecule has 0 amide bonds. The zero-order valence-corrected chi connectivity index (χ0v) is 8.34. The molecule has 0 aliphatic heterocycles. The van der Waals surface area contributed by atoms with E-state index in [4.69, 9.17) is 10.2 Å². The summed E-state index contributed by atoms with van der Waals surface area (Å²) in [7, 11) is 0. The van der Waals surface area contributed by atoms with Gasteiger partial charge in [-0.15, -0.1) is 0 Å². The van der Waals surface area contributed by atoms with Gasteiger partial charge in [0.2, 0.25) is 0 Å². The van der Waals surface area contributed by atoms with Crippen molar-refractivity contribution >= 4 is 0 Å². The van der Waals surface area contributed by atoms with E-state index in [9.17, 15) is 0 Å². The van der Waals surface area contributed by atoms with Crippen LogP contribution < -0.4 is 5.73 Å². The molecule has 2 nitrogen and oxygen atoms in total. The van der Waals surface area contributed by atoms with Crippen molar-refractivity contribution in [3.05, 3.63) is 35.8 Å². The van der Waals surface area contributed by atoms with Gasteiger partial charge in [-0.05, 0) is 25.8 Å². The molecule has 13 heavy (non-hydrogen) atoms. The second-order valence-corrected chi connectivity index (χ2v) is 3.35. The number of hydrogen-bond acceptors (Lipinski definition) is 2. The fourth-order valence-corrected chi connectivity index (χ4v) is 1.34. The van der Waals surface area contributed by atoms with Crippen molar-refractivity contribution in [1.29, 1.82) is 0 Å². The average molecular weight is 179 g/mol. The van der Waals surface area contributed by atoms with Crippen molar-refractivity contribution in [3.8, 4) is 0 Å². The van der Waals surface area contributed by atoms with Gasteiger partial charge < -0.3 is 10.2 Å². The van der Waals surface area contributed by atoms with Crippen molar-refractivity contribution in [2.24, 2.45) is 5.73 Å². The molecule has 72 valence electrons. The summed E-state index contributed by atoms with van der Waals surface area (Å²) in [5.74, 6) is 0.913. The maximum atomic E-state index is 6.00. The molecular weight excluding hydrogens is 162 g/mol. The zero-order valence-electron chi connectivity index (χ0n) is 8.34. The van der Waals surface area contributed by atoms with Gasteiger partial charge in [0.05, 0.1) is 6.26 Å². The van der Waals surface area contributed by atoms with E-state index >= 15 is 0 Å². The normalized spacial score (nSPS) is 12.8. The van der Waals surface area contributed by atoms with Crippen LogP contribution in [0.1, 0.15) is 37.1 Å². The Morgan fingerprint density at radius 2 is 2.38 bits per heavy atom. The third-order valence-electron chi connectivity index (χ3n) is 2.31. The summed E-state index contributed by atoms with van der Waals surface area (Å²) in [5.41, 5.74) is 8.28. The fourth-order valence-electron chi connectivity index (χ4n) is 1.34. The van der Waals surface area contributed by atoms with Crippen LogP contribution in [-0.4, -0.2) is 0 Å². The lowest BCUT2D eigenvalue weighted by atomic mass is 10.00. The van der Waals surface area contributed by atoms with Crippen LogP contribution in [0, 0.1) is 6.92 Å². The smallest absolute Gasteiger partial charge is 0.105 e. The van der Waals surface area contributed by atoms with Crippen LogP contribution in [0.15, 0.2) is 28.9 Å². The number of aryl methyl sites for hydroxylation is 1. The lowest BCUT2D eigenvalue weighted by Crippen LogP contribution is -2.10. The van der Waals surface area contributed by atoms with Gasteiger partial charge in [-0.2, -0.15) is 0 Å². The van der Waals surface area contributed by atoms with Gasteiger partial charge >= 0.3 is 0 Å². The minimum Gasteiger partial charge on any atom is -0.469 e. The summed E-state index contributed by atoms with van der Waals surface area (Å²) in [6, 6.07) is 1.97. The maximum Gasteiger partial charge on any atom is 0.105 e. The highest BCUT2D eigenvalue weighted by Gasteiger charge is 2.11. The molecule has 1 heterocycles. The number of rotatable bonds is 4. The van der Waals surface area contributed by atoms with Crippen molar-refractivity contribution in [2.45, 2.75) is 32.7 Å². The van der Waals surface area contributed by atoms with E-state index in [2.05, 4.69) is 13.5 Å². The summed E-state index contributed by atoms with van der Waals surface area (Å²) in [6.07, 6.45) is 3.51. The summed E-state index contributed by atoms with van der Waals surface area (Å²) in [4.78, 5) is 0. The number of hydrogen-bond donors (Lipinski definition) is 1. The van der Waals surface area contributed by atoms with Crippen LogP contribution >= 0.6 is 0 Å². The van der Waals surface area contributed by atoms with E-state index in [-0.39, 0.29) is 6.04 Å². The molecule has 1 rings (SSSR count). The second-order valence-electron chi connectivity index (χ2n) is 3.35. The van der Waals surface area contributed by atoms with E-state index in [0.717, 1.165) is 24.2 Å². The molecule has 0 bridgehead atoms. The number of furan rings is 1. The summed E-state index contributed by atoms with van der Waals surface area (Å²) in [6.45, 7) is 7.97. The Hall–Kier alpha value is -1.02. The van der Waals surface area contributed by atoms with Gasteiger partial charge in [-0.1, -0.05) is 19.1 Å². The quantitative estimate of drug-likeness (QED) is 0.722. The monoisotopic (exact) mass is 179 g/mol. The summed E-state index contributed by atoms with van der Waals surface area (Å²) >= 11 is 0. The first-order valence-electron chi connectivity index (χ1n) is 4.61. The van der Waals surface area contributed by atoms with Gasteiger partial charge in [-0.3, -0.25) is 0 Å². The van der Waals surface area contributed by atoms with Crippen molar-refractivity contribution < 1.29 is 4.42 Å². The van der Waals surface area contributed by atoms with Crippen molar-refractivity contribution in [2.75, 3.05) is 0 Å². The first-order chi connectivity index (χ1) is 6.15. The molecule has 0 aliphatic carbocycles. The largest absolute Gasteiger partial charge is 0.469 e. The van der Waals surface area contributed by atoms with Crippen LogP contribution in [0.5, 0.6) is 0 Å². The van der Waals surface area contributed by atoms with Gasteiger partial charge in [-0.25, -0.2) is 0 Å². The van der Waals surface area contributed by atoms with Crippen LogP contribution in [0.3, 0.4) is 0 Å². The molecule has 0 fully saturated rings. The SMILES string of the molecule is C=C(CC)CC(N)c1ccoc1C. The third-order valence-corrected chi connectivity index (χ3v) is 2.31. The Kier molecular flexibility index (Phi) is 3.32. The number of nitrogens with two attached hydrogens (primary N) is 1. The van der Waals surface area contributed by atoms with Gasteiger partial charge in [0.1, 0.15) is 5.76 Å². The standard InChI is InChI=1S/C11H17NO/c1-4-8(2)7-11(12)10-5-6-13-9(10)3/h5-6,11H,2,4,7,12H2,1,3H3. The van der Waals surface area contributed by atoms with Crippen molar-refractivity contribution in [3.63, 3.8) is 0 Å². The van der Waals surface area contributed by atoms with Crippen LogP contribution in [-0.2, 0) is 0 Å². The van der Waals surface area contributed by atoms with Crippen LogP contribution in [0.2, 0.25) is 0 Å². The first-order valence-corrected chi connectivity index (χ1v) is 4.61. The molecule has 1 aromatic rings. The average Bonchev–Trinajstić information content (AvgIpc) is 2.51. The zero-order chi connectivity index (χ0) is 9.84. The second kappa shape index (κ2) is 4.28. The molecule has 0 radical (unpaired) electrons. The topological polar surface area (TPSA) is 39.2 Å². The van der Waals surface area contributed by atoms with E-state index in [1.807, 2.05) is 13.0 Å². The van der Waals surface area contributed by atoms with E-state index in [1.165, 1.54) is 5.57 Å². The molecule has 1 aromatic heterocycles. The van der Waals surface area contributed by atoms with Crippen LogP contribution in [0.4, 0.5) is 0 Å². The molecule has 0 saturated heterocycles. The van der Waals surface area contributed by atoms with Gasteiger partial charge in [0.15, 0.2) is 0 Å². The Morgan fingerprint density at radius 3 is 2.85 bits per heavy atom. The lowest BCUT2D eigenvalue weighted by molar-refractivity contribution is 0.523. The molecule has 2 N–H and O–H groups in total. The molecule has 0 saturated carbocycles. The summed E-state index contributed by atoms with van der Waals surface area (Å²) < 4.78 is 5.19. The van der Waals surface area contributed by atoms with E-state index in [1.54, 1.807) is 6.26 Å². The highest BCUT2D eigenvalue weighted by Crippen LogP contribution is 2.22. The maximum absolute atomic E-state index is 6.00. The summed E-state index contributed by atoms with van der Waals surface area (Å²) in [5, 5.41) is 0. The van der Waals surface area contributed by atoms with Crippen molar-refractivity contribution in [1.82, 2.24) is 0 Å². The minimum absolute atomic E-state index is 0.0335. The molecule has 0 spiro atoms. The Bertz CT molecular complexity index is 288. The first kappa shape index (κ1) is 10.1. The Morgan fingerprint density at radius 1 is 1.69 bits per heavy atom. The highest BCUT2D eigenvalue weighted by molar-refractivity contribution is 5.21. The molecule has 0 aromatic carbocycles. The molecule has 2 heteroatoms.